The fourth-order valence-electron chi connectivity index (χ4n) is 3.27. The summed E-state index contributed by atoms with van der Waals surface area (Å²) in [4.78, 5) is 15.2. The Morgan fingerprint density at radius 1 is 1.08 bits per heavy atom. The maximum Gasteiger partial charge on any atom is 0.316 e. The SMILES string of the molecule is CCOC(=O)C1(c2ccccc2Sc2ccccc2)CCNCC1. The summed E-state index contributed by atoms with van der Waals surface area (Å²) in [5, 5.41) is 3.36. The van der Waals surface area contributed by atoms with Crippen molar-refractivity contribution in [3.8, 4) is 0 Å². The Labute approximate surface area is 147 Å². The van der Waals surface area contributed by atoms with E-state index in [-0.39, 0.29) is 5.97 Å². The molecule has 1 heterocycles. The number of benzene rings is 2. The van der Waals surface area contributed by atoms with Gasteiger partial charge in [-0.3, -0.25) is 4.79 Å². The van der Waals surface area contributed by atoms with Gasteiger partial charge < -0.3 is 10.1 Å². The lowest BCUT2D eigenvalue weighted by molar-refractivity contribution is -0.151. The summed E-state index contributed by atoms with van der Waals surface area (Å²) in [5.41, 5.74) is 0.554. The molecule has 24 heavy (non-hydrogen) atoms. The summed E-state index contributed by atoms with van der Waals surface area (Å²) in [6.07, 6.45) is 1.55. The van der Waals surface area contributed by atoms with E-state index in [2.05, 4.69) is 29.6 Å². The van der Waals surface area contributed by atoms with Gasteiger partial charge in [0, 0.05) is 9.79 Å². The molecule has 0 unspecified atom stereocenters. The van der Waals surface area contributed by atoms with E-state index < -0.39 is 5.41 Å². The number of hydrogen-bond acceptors (Lipinski definition) is 4. The Morgan fingerprint density at radius 2 is 1.75 bits per heavy atom. The highest BCUT2D eigenvalue weighted by Gasteiger charge is 2.43. The van der Waals surface area contributed by atoms with Crippen LogP contribution in [-0.4, -0.2) is 25.7 Å². The van der Waals surface area contributed by atoms with Crippen molar-refractivity contribution in [3.05, 3.63) is 60.2 Å². The second kappa shape index (κ2) is 7.86. The lowest BCUT2D eigenvalue weighted by Gasteiger charge is -2.36. The van der Waals surface area contributed by atoms with Gasteiger partial charge in [-0.2, -0.15) is 0 Å². The van der Waals surface area contributed by atoms with Gasteiger partial charge in [0.2, 0.25) is 0 Å². The van der Waals surface area contributed by atoms with Gasteiger partial charge >= 0.3 is 5.97 Å². The van der Waals surface area contributed by atoms with Crippen molar-refractivity contribution in [2.24, 2.45) is 0 Å². The molecular formula is C20H23NO2S. The average molecular weight is 341 g/mol. The maximum atomic E-state index is 12.9. The lowest BCUT2D eigenvalue weighted by Crippen LogP contribution is -2.46. The van der Waals surface area contributed by atoms with E-state index in [4.69, 9.17) is 4.74 Å². The van der Waals surface area contributed by atoms with Crippen LogP contribution in [0.2, 0.25) is 0 Å². The molecule has 0 radical (unpaired) electrons. The van der Waals surface area contributed by atoms with E-state index in [0.29, 0.717) is 6.61 Å². The molecule has 4 heteroatoms. The summed E-state index contributed by atoms with van der Waals surface area (Å²) in [6.45, 7) is 3.96. The van der Waals surface area contributed by atoms with Gasteiger partial charge in [-0.05, 0) is 56.6 Å². The minimum atomic E-state index is -0.542. The van der Waals surface area contributed by atoms with Crippen LogP contribution < -0.4 is 5.32 Å². The fraction of sp³-hybridized carbons (Fsp3) is 0.350. The lowest BCUT2D eigenvalue weighted by atomic mass is 9.73. The monoisotopic (exact) mass is 341 g/mol. The first-order valence-corrected chi connectivity index (χ1v) is 9.28. The van der Waals surface area contributed by atoms with Crippen LogP contribution in [0, 0.1) is 0 Å². The van der Waals surface area contributed by atoms with E-state index >= 15 is 0 Å². The van der Waals surface area contributed by atoms with Crippen LogP contribution in [0.5, 0.6) is 0 Å². The molecule has 3 nitrogen and oxygen atoms in total. The van der Waals surface area contributed by atoms with Crippen LogP contribution in [0.25, 0.3) is 0 Å². The van der Waals surface area contributed by atoms with Crippen molar-refractivity contribution in [2.45, 2.75) is 35.0 Å². The van der Waals surface area contributed by atoms with E-state index in [1.807, 2.05) is 37.3 Å². The first kappa shape index (κ1) is 17.1. The maximum absolute atomic E-state index is 12.9. The average Bonchev–Trinajstić information content (AvgIpc) is 2.64. The third kappa shape index (κ3) is 3.50. The van der Waals surface area contributed by atoms with E-state index in [1.54, 1.807) is 11.8 Å². The van der Waals surface area contributed by atoms with Crippen LogP contribution in [0.4, 0.5) is 0 Å². The van der Waals surface area contributed by atoms with Gasteiger partial charge in [0.15, 0.2) is 0 Å². The number of nitrogens with one attached hydrogen (secondary N) is 1. The molecular weight excluding hydrogens is 318 g/mol. The van der Waals surface area contributed by atoms with Gasteiger partial charge in [-0.15, -0.1) is 0 Å². The molecule has 1 aliphatic heterocycles. The summed E-state index contributed by atoms with van der Waals surface area (Å²) >= 11 is 1.71. The smallest absolute Gasteiger partial charge is 0.316 e. The van der Waals surface area contributed by atoms with E-state index in [9.17, 15) is 4.79 Å². The third-order valence-electron chi connectivity index (χ3n) is 4.50. The molecule has 0 aliphatic carbocycles. The zero-order valence-corrected chi connectivity index (χ0v) is 14.8. The zero-order chi connectivity index (χ0) is 16.8. The van der Waals surface area contributed by atoms with Crippen LogP contribution in [-0.2, 0) is 14.9 Å². The Kier molecular flexibility index (Phi) is 5.59. The van der Waals surface area contributed by atoms with Gasteiger partial charge in [-0.25, -0.2) is 0 Å². The molecule has 2 aromatic rings. The zero-order valence-electron chi connectivity index (χ0n) is 14.0. The van der Waals surface area contributed by atoms with Crippen molar-refractivity contribution in [1.82, 2.24) is 5.32 Å². The number of ether oxygens (including phenoxy) is 1. The number of rotatable bonds is 5. The minimum absolute atomic E-state index is 0.0902. The standard InChI is InChI=1S/C20H23NO2S/c1-2-23-19(22)20(12-14-21-15-13-20)17-10-6-7-11-18(17)24-16-8-4-3-5-9-16/h3-11,21H,2,12-15H2,1H3. The van der Waals surface area contributed by atoms with Crippen molar-refractivity contribution in [1.29, 1.82) is 0 Å². The van der Waals surface area contributed by atoms with Crippen LogP contribution >= 0.6 is 11.8 Å². The van der Waals surface area contributed by atoms with Crippen molar-refractivity contribution in [3.63, 3.8) is 0 Å². The number of carbonyl (C=O) groups is 1. The van der Waals surface area contributed by atoms with E-state index in [0.717, 1.165) is 36.4 Å². The third-order valence-corrected chi connectivity index (χ3v) is 5.58. The first-order chi connectivity index (χ1) is 11.8. The molecule has 0 saturated carbocycles. The predicted octanol–water partition coefficient (Wildman–Crippen LogP) is 4.02. The molecule has 0 aromatic heterocycles. The number of piperidine rings is 1. The van der Waals surface area contributed by atoms with Crippen LogP contribution in [0.3, 0.4) is 0 Å². The van der Waals surface area contributed by atoms with Gasteiger partial charge in [0.05, 0.1) is 12.0 Å². The molecule has 0 bridgehead atoms. The summed E-state index contributed by atoms with van der Waals surface area (Å²) in [6, 6.07) is 18.5. The molecule has 0 amide bonds. The van der Waals surface area contributed by atoms with Crippen LogP contribution in [0.1, 0.15) is 25.3 Å². The second-order valence-electron chi connectivity index (χ2n) is 5.96. The molecule has 0 spiro atoms. The minimum Gasteiger partial charge on any atom is -0.465 e. The second-order valence-corrected chi connectivity index (χ2v) is 7.08. The van der Waals surface area contributed by atoms with Crippen LogP contribution in [0.15, 0.2) is 64.4 Å². The molecule has 2 aromatic carbocycles. The number of carbonyl (C=O) groups excluding carboxylic acids is 1. The molecule has 1 saturated heterocycles. The van der Waals surface area contributed by atoms with Crippen molar-refractivity contribution >= 4 is 17.7 Å². The topological polar surface area (TPSA) is 38.3 Å². The summed E-state index contributed by atoms with van der Waals surface area (Å²) in [5.74, 6) is -0.0902. The highest BCUT2D eigenvalue weighted by atomic mass is 32.2. The summed E-state index contributed by atoms with van der Waals surface area (Å²) in [7, 11) is 0. The Balaban J connectivity index is 2.00. The molecule has 3 rings (SSSR count). The Hall–Kier alpha value is -1.78. The number of esters is 1. The molecule has 0 atom stereocenters. The normalized spacial score (nSPS) is 16.5. The van der Waals surface area contributed by atoms with Gasteiger partial charge in [0.25, 0.3) is 0 Å². The highest BCUT2D eigenvalue weighted by molar-refractivity contribution is 7.99. The fourth-order valence-corrected chi connectivity index (χ4v) is 4.34. The van der Waals surface area contributed by atoms with E-state index in [1.165, 1.54) is 4.90 Å². The summed E-state index contributed by atoms with van der Waals surface area (Å²) < 4.78 is 5.47. The first-order valence-electron chi connectivity index (χ1n) is 8.46. The van der Waals surface area contributed by atoms with Gasteiger partial charge in [-0.1, -0.05) is 48.2 Å². The van der Waals surface area contributed by atoms with Gasteiger partial charge in [0.1, 0.15) is 0 Å². The number of hydrogen-bond donors (Lipinski definition) is 1. The highest BCUT2D eigenvalue weighted by Crippen LogP contribution is 2.42. The largest absolute Gasteiger partial charge is 0.465 e. The quantitative estimate of drug-likeness (QED) is 0.834. The van der Waals surface area contributed by atoms with Crippen molar-refractivity contribution < 1.29 is 9.53 Å². The predicted molar refractivity (Wildman–Crippen MR) is 97.4 cm³/mol. The Morgan fingerprint density at radius 3 is 2.46 bits per heavy atom. The molecule has 1 fully saturated rings. The molecule has 1 aliphatic rings. The molecule has 1 N–H and O–H groups in total. The Bertz CT molecular complexity index is 681. The van der Waals surface area contributed by atoms with Crippen molar-refractivity contribution in [2.75, 3.05) is 19.7 Å². The molecule has 126 valence electrons.